The van der Waals surface area contributed by atoms with Crippen LogP contribution in [0.1, 0.15) is 0 Å². The van der Waals surface area contributed by atoms with Gasteiger partial charge in [0, 0.05) is 69.2 Å². The molecule has 1 saturated heterocycles. The average Bonchev–Trinajstić information content (AvgIpc) is 2.64. The number of hydrogen-bond acceptors (Lipinski definition) is 6. The summed E-state index contributed by atoms with van der Waals surface area (Å²) in [5.41, 5.74) is 7.57. The minimum atomic E-state index is -0.0724. The second-order valence-electron chi connectivity index (χ2n) is 6.03. The van der Waals surface area contributed by atoms with E-state index in [2.05, 4.69) is 34.3 Å². The summed E-state index contributed by atoms with van der Waals surface area (Å²) in [6, 6.07) is 8.16. The molecule has 8 heteroatoms. The number of likely N-dealkylation sites (N-methyl/N-ethyl adjacent to an activating group) is 1. The molecule has 1 aliphatic heterocycles. The molecule has 6 nitrogen and oxygen atoms in total. The lowest BCUT2D eigenvalue weighted by atomic mass is 10.2. The number of carbonyl (C=O) groups is 1. The van der Waals surface area contributed by atoms with E-state index in [1.54, 1.807) is 33.5 Å². The molecule has 25 heavy (non-hydrogen) atoms. The number of carbonyl (C=O) groups excluding carboxylic acids is 1. The Bertz CT molecular complexity index is 520. The summed E-state index contributed by atoms with van der Waals surface area (Å²) in [5, 5.41) is 2.95. The summed E-state index contributed by atoms with van der Waals surface area (Å²) in [5.74, 6) is 1.82. The van der Waals surface area contributed by atoms with E-state index in [9.17, 15) is 4.79 Å². The highest BCUT2D eigenvalue weighted by Crippen LogP contribution is 2.21. The van der Waals surface area contributed by atoms with E-state index in [4.69, 9.17) is 5.73 Å². The SMILES string of the molecule is CN1CCN(c2ccc(N(C)C(=O)NCCSSCCN)cc2)CC1. The molecule has 1 heterocycles. The quantitative estimate of drug-likeness (QED) is 0.528. The fourth-order valence-corrected chi connectivity index (χ4v) is 4.32. The number of hydrogen-bond donors (Lipinski definition) is 2. The lowest BCUT2D eigenvalue weighted by Gasteiger charge is -2.34. The third-order valence-electron chi connectivity index (χ3n) is 4.16. The van der Waals surface area contributed by atoms with Gasteiger partial charge in [-0.05, 0) is 31.3 Å². The molecule has 0 unspecified atom stereocenters. The lowest BCUT2D eigenvalue weighted by Crippen LogP contribution is -2.44. The molecule has 1 aliphatic rings. The van der Waals surface area contributed by atoms with Crippen LogP contribution in [0.5, 0.6) is 0 Å². The Balaban J connectivity index is 1.77. The van der Waals surface area contributed by atoms with Crippen molar-refractivity contribution >= 4 is 39.0 Å². The molecule has 2 rings (SSSR count). The normalized spacial score (nSPS) is 15.2. The average molecular weight is 384 g/mol. The highest BCUT2D eigenvalue weighted by molar-refractivity contribution is 8.76. The molecule has 1 fully saturated rings. The van der Waals surface area contributed by atoms with E-state index >= 15 is 0 Å². The summed E-state index contributed by atoms with van der Waals surface area (Å²) in [4.78, 5) is 18.6. The summed E-state index contributed by atoms with van der Waals surface area (Å²) < 4.78 is 0. The molecule has 0 aromatic heterocycles. The molecular formula is C17H29N5OS2. The van der Waals surface area contributed by atoms with Crippen molar-refractivity contribution in [2.75, 3.05) is 74.7 Å². The van der Waals surface area contributed by atoms with Crippen LogP contribution >= 0.6 is 21.6 Å². The lowest BCUT2D eigenvalue weighted by molar-refractivity contribution is 0.248. The predicted octanol–water partition coefficient (Wildman–Crippen LogP) is 1.92. The second-order valence-corrected chi connectivity index (χ2v) is 8.73. The van der Waals surface area contributed by atoms with Crippen molar-refractivity contribution in [1.29, 1.82) is 0 Å². The molecule has 0 saturated carbocycles. The first-order chi connectivity index (χ1) is 12.1. The summed E-state index contributed by atoms with van der Waals surface area (Å²) in [6.45, 7) is 5.62. The van der Waals surface area contributed by atoms with Crippen LogP contribution in [0.4, 0.5) is 16.2 Å². The van der Waals surface area contributed by atoms with Gasteiger partial charge in [-0.25, -0.2) is 4.79 Å². The number of piperazine rings is 1. The van der Waals surface area contributed by atoms with Crippen molar-refractivity contribution in [2.24, 2.45) is 5.73 Å². The zero-order valence-corrected chi connectivity index (χ0v) is 16.7. The van der Waals surface area contributed by atoms with Crippen molar-refractivity contribution in [3.8, 4) is 0 Å². The Morgan fingerprint density at radius 3 is 2.44 bits per heavy atom. The fraction of sp³-hybridized carbons (Fsp3) is 0.588. The van der Waals surface area contributed by atoms with Crippen LogP contribution in [0.25, 0.3) is 0 Å². The Hall–Kier alpha value is -1.09. The van der Waals surface area contributed by atoms with E-state index in [0.29, 0.717) is 13.1 Å². The van der Waals surface area contributed by atoms with Crippen molar-refractivity contribution < 1.29 is 4.79 Å². The molecule has 1 aromatic rings. The smallest absolute Gasteiger partial charge is 0.321 e. The third-order valence-corrected chi connectivity index (χ3v) is 6.60. The molecular weight excluding hydrogens is 354 g/mol. The van der Waals surface area contributed by atoms with Crippen LogP contribution < -0.4 is 20.9 Å². The third kappa shape index (κ3) is 6.62. The van der Waals surface area contributed by atoms with Crippen molar-refractivity contribution in [3.63, 3.8) is 0 Å². The number of benzene rings is 1. The topological polar surface area (TPSA) is 64.8 Å². The number of nitrogens with two attached hydrogens (primary N) is 1. The van der Waals surface area contributed by atoms with Crippen molar-refractivity contribution in [1.82, 2.24) is 10.2 Å². The predicted molar refractivity (Wildman–Crippen MR) is 112 cm³/mol. The van der Waals surface area contributed by atoms with Gasteiger partial charge in [0.2, 0.25) is 0 Å². The first-order valence-corrected chi connectivity index (χ1v) is 11.1. The van der Waals surface area contributed by atoms with Gasteiger partial charge in [-0.15, -0.1) is 0 Å². The molecule has 2 amide bonds. The molecule has 0 spiro atoms. The fourth-order valence-electron chi connectivity index (χ4n) is 2.55. The zero-order chi connectivity index (χ0) is 18.1. The number of nitrogens with one attached hydrogen (secondary N) is 1. The summed E-state index contributed by atoms with van der Waals surface area (Å²) in [6.07, 6.45) is 0. The van der Waals surface area contributed by atoms with Crippen LogP contribution in [0, 0.1) is 0 Å². The van der Waals surface area contributed by atoms with Gasteiger partial charge in [-0.2, -0.15) is 0 Å². The van der Waals surface area contributed by atoms with Gasteiger partial charge in [0.05, 0.1) is 0 Å². The van der Waals surface area contributed by atoms with Crippen LogP contribution in [-0.2, 0) is 0 Å². The maximum atomic E-state index is 12.2. The number of amides is 2. The molecule has 0 atom stereocenters. The van der Waals surface area contributed by atoms with Crippen LogP contribution in [-0.4, -0.2) is 75.8 Å². The van der Waals surface area contributed by atoms with Crippen LogP contribution in [0.3, 0.4) is 0 Å². The molecule has 0 radical (unpaired) electrons. The van der Waals surface area contributed by atoms with Gasteiger partial charge < -0.3 is 20.9 Å². The molecule has 0 bridgehead atoms. The highest BCUT2D eigenvalue weighted by Gasteiger charge is 2.15. The Morgan fingerprint density at radius 1 is 1.16 bits per heavy atom. The molecule has 1 aromatic carbocycles. The van der Waals surface area contributed by atoms with Crippen LogP contribution in [0.2, 0.25) is 0 Å². The van der Waals surface area contributed by atoms with Gasteiger partial charge in [0.15, 0.2) is 0 Å². The Kier molecular flexibility index (Phi) is 8.74. The summed E-state index contributed by atoms with van der Waals surface area (Å²) >= 11 is 0. The molecule has 0 aliphatic carbocycles. The van der Waals surface area contributed by atoms with Crippen molar-refractivity contribution in [3.05, 3.63) is 24.3 Å². The Morgan fingerprint density at radius 2 is 1.80 bits per heavy atom. The van der Waals surface area contributed by atoms with E-state index in [1.807, 2.05) is 12.1 Å². The first kappa shape index (κ1) is 20.2. The van der Waals surface area contributed by atoms with Gasteiger partial charge in [0.1, 0.15) is 0 Å². The molecule has 3 N–H and O–H groups in total. The number of anilines is 2. The standard InChI is InChI=1S/C17H29N5OS2/c1-20-9-11-22(12-10-20)16-5-3-15(4-6-16)21(2)17(23)19-8-14-25-24-13-7-18/h3-6H,7-14,18H2,1-2H3,(H,19,23). The first-order valence-electron chi connectivity index (χ1n) is 8.61. The van der Waals surface area contributed by atoms with Gasteiger partial charge >= 0.3 is 6.03 Å². The van der Waals surface area contributed by atoms with Crippen LogP contribution in [0.15, 0.2) is 24.3 Å². The monoisotopic (exact) mass is 383 g/mol. The number of nitrogens with zero attached hydrogens (tertiary/aromatic N) is 3. The minimum absolute atomic E-state index is 0.0724. The van der Waals surface area contributed by atoms with E-state index in [-0.39, 0.29) is 6.03 Å². The molecule has 140 valence electrons. The van der Waals surface area contributed by atoms with Gasteiger partial charge in [-0.1, -0.05) is 21.6 Å². The zero-order valence-electron chi connectivity index (χ0n) is 15.1. The second kappa shape index (κ2) is 10.8. The Labute approximate surface area is 158 Å². The van der Waals surface area contributed by atoms with Crippen molar-refractivity contribution in [2.45, 2.75) is 0 Å². The number of urea groups is 1. The van der Waals surface area contributed by atoms with E-state index in [1.165, 1.54) is 5.69 Å². The summed E-state index contributed by atoms with van der Waals surface area (Å²) in [7, 11) is 7.44. The minimum Gasteiger partial charge on any atom is -0.369 e. The van der Waals surface area contributed by atoms with E-state index in [0.717, 1.165) is 43.4 Å². The van der Waals surface area contributed by atoms with Gasteiger partial charge in [0.25, 0.3) is 0 Å². The maximum absolute atomic E-state index is 12.2. The van der Waals surface area contributed by atoms with Gasteiger partial charge in [-0.3, -0.25) is 4.90 Å². The number of rotatable bonds is 8. The maximum Gasteiger partial charge on any atom is 0.321 e. The van der Waals surface area contributed by atoms with E-state index < -0.39 is 0 Å². The largest absolute Gasteiger partial charge is 0.369 e. The highest BCUT2D eigenvalue weighted by atomic mass is 33.1.